The number of aryl methyl sites for hydroxylation is 2. The van der Waals surface area contributed by atoms with Crippen molar-refractivity contribution in [1.29, 1.82) is 0 Å². The molecule has 1 unspecified atom stereocenters. The maximum atomic E-state index is 11.8. The second-order valence-corrected chi connectivity index (χ2v) is 6.63. The smallest absolute Gasteiger partial charge is 0.315 e. The molecule has 1 heterocycles. The first-order valence-electron chi connectivity index (χ1n) is 7.67. The van der Waals surface area contributed by atoms with Gasteiger partial charge in [-0.3, -0.25) is 4.79 Å². The number of carbonyl (C=O) groups is 2. The molecule has 1 aromatic heterocycles. The fourth-order valence-electron chi connectivity index (χ4n) is 2.23. The summed E-state index contributed by atoms with van der Waals surface area (Å²) < 4.78 is 0. The lowest BCUT2D eigenvalue weighted by Gasteiger charge is -2.13. The highest BCUT2D eigenvalue weighted by atomic mass is 32.1. The van der Waals surface area contributed by atoms with Gasteiger partial charge in [-0.15, -0.1) is 11.3 Å². The van der Waals surface area contributed by atoms with Gasteiger partial charge in [-0.2, -0.15) is 0 Å². The van der Waals surface area contributed by atoms with Crippen LogP contribution in [0.25, 0.3) is 10.6 Å². The van der Waals surface area contributed by atoms with E-state index in [0.29, 0.717) is 0 Å². The molecule has 0 radical (unpaired) electrons. The molecule has 2 aromatic rings. The number of carboxylic acid groups (broad SMARTS) is 1. The van der Waals surface area contributed by atoms with Crippen LogP contribution in [0.4, 0.5) is 4.79 Å². The van der Waals surface area contributed by atoms with E-state index in [9.17, 15) is 9.59 Å². The van der Waals surface area contributed by atoms with E-state index < -0.39 is 5.97 Å². The lowest BCUT2D eigenvalue weighted by atomic mass is 10.2. The highest BCUT2D eigenvalue weighted by molar-refractivity contribution is 7.15. The predicted molar refractivity (Wildman–Crippen MR) is 94.2 cm³/mol. The highest BCUT2D eigenvalue weighted by Gasteiger charge is 2.17. The fraction of sp³-hybridized carbons (Fsp3) is 0.353. The monoisotopic (exact) mass is 347 g/mol. The normalized spacial score (nSPS) is 11.8. The summed E-state index contributed by atoms with van der Waals surface area (Å²) in [6.07, 6.45) is -0.0983. The molecule has 2 amide bonds. The van der Waals surface area contributed by atoms with Crippen molar-refractivity contribution >= 4 is 23.3 Å². The zero-order chi connectivity index (χ0) is 17.7. The van der Waals surface area contributed by atoms with Crippen LogP contribution in [0.15, 0.2) is 24.3 Å². The second kappa shape index (κ2) is 7.92. The van der Waals surface area contributed by atoms with Crippen LogP contribution >= 0.6 is 11.3 Å². The van der Waals surface area contributed by atoms with Gasteiger partial charge in [0, 0.05) is 12.1 Å². The topological polar surface area (TPSA) is 91.3 Å². The van der Waals surface area contributed by atoms with Crippen molar-refractivity contribution in [2.75, 3.05) is 6.54 Å². The minimum absolute atomic E-state index is 0.0983. The van der Waals surface area contributed by atoms with E-state index in [4.69, 9.17) is 5.11 Å². The molecule has 6 nitrogen and oxygen atoms in total. The Labute approximate surface area is 144 Å². The zero-order valence-corrected chi connectivity index (χ0v) is 14.7. The molecule has 7 heteroatoms. The molecule has 24 heavy (non-hydrogen) atoms. The maximum Gasteiger partial charge on any atom is 0.315 e. The first-order chi connectivity index (χ1) is 11.4. The molecule has 0 aliphatic rings. The number of carboxylic acids is 1. The molecular weight excluding hydrogens is 326 g/mol. The highest BCUT2D eigenvalue weighted by Crippen LogP contribution is 2.31. The Hall–Kier alpha value is -2.41. The Morgan fingerprint density at radius 1 is 1.25 bits per heavy atom. The van der Waals surface area contributed by atoms with Crippen LogP contribution in [-0.2, 0) is 4.79 Å². The molecule has 128 valence electrons. The van der Waals surface area contributed by atoms with Crippen molar-refractivity contribution in [2.45, 2.75) is 33.2 Å². The SMILES string of the molecule is Cc1ccc(-c2nc(C)c(C(C)NC(=O)NCCC(=O)O)s2)cc1. The number of thiazole rings is 1. The molecule has 1 aromatic carbocycles. The predicted octanol–water partition coefficient (Wildman–Crippen LogP) is 3.26. The van der Waals surface area contributed by atoms with Crippen molar-refractivity contribution in [3.8, 4) is 10.6 Å². The molecule has 0 fully saturated rings. The van der Waals surface area contributed by atoms with Crippen molar-refractivity contribution < 1.29 is 14.7 Å². The van der Waals surface area contributed by atoms with Crippen LogP contribution < -0.4 is 10.6 Å². The molecule has 0 spiro atoms. The summed E-state index contributed by atoms with van der Waals surface area (Å²) in [7, 11) is 0. The number of aromatic nitrogens is 1. The minimum atomic E-state index is -0.940. The number of rotatable bonds is 6. The molecule has 0 saturated carbocycles. The largest absolute Gasteiger partial charge is 0.481 e. The third kappa shape index (κ3) is 4.79. The molecule has 0 bridgehead atoms. The van der Waals surface area contributed by atoms with E-state index in [1.54, 1.807) is 11.3 Å². The van der Waals surface area contributed by atoms with Crippen molar-refractivity contribution in [1.82, 2.24) is 15.6 Å². The van der Waals surface area contributed by atoms with E-state index in [0.717, 1.165) is 21.1 Å². The maximum absolute atomic E-state index is 11.8. The van der Waals surface area contributed by atoms with Crippen LogP contribution in [0.3, 0.4) is 0 Å². The summed E-state index contributed by atoms with van der Waals surface area (Å²) in [6, 6.07) is 7.58. The van der Waals surface area contributed by atoms with Gasteiger partial charge in [0.2, 0.25) is 0 Å². The van der Waals surface area contributed by atoms with Gasteiger partial charge < -0.3 is 15.7 Å². The fourth-order valence-corrected chi connectivity index (χ4v) is 3.30. The van der Waals surface area contributed by atoms with Gasteiger partial charge in [0.05, 0.1) is 23.0 Å². The Morgan fingerprint density at radius 2 is 1.92 bits per heavy atom. The molecule has 1 atom stereocenters. The number of nitrogens with one attached hydrogen (secondary N) is 2. The lowest BCUT2D eigenvalue weighted by molar-refractivity contribution is -0.136. The number of nitrogens with zero attached hydrogens (tertiary/aromatic N) is 1. The van der Waals surface area contributed by atoms with Gasteiger partial charge in [0.15, 0.2) is 0 Å². The summed E-state index contributed by atoms with van der Waals surface area (Å²) in [6.45, 7) is 5.95. The quantitative estimate of drug-likeness (QED) is 0.748. The Balaban J connectivity index is 2.02. The molecule has 0 aliphatic carbocycles. The Kier molecular flexibility index (Phi) is 5.92. The van der Waals surface area contributed by atoms with Crippen LogP contribution in [0.1, 0.15) is 35.5 Å². The average Bonchev–Trinajstić information content (AvgIpc) is 2.89. The Morgan fingerprint density at radius 3 is 2.54 bits per heavy atom. The van der Waals surface area contributed by atoms with Gasteiger partial charge in [-0.05, 0) is 20.8 Å². The van der Waals surface area contributed by atoms with Crippen LogP contribution in [0.2, 0.25) is 0 Å². The van der Waals surface area contributed by atoms with Crippen LogP contribution in [0, 0.1) is 13.8 Å². The number of amides is 2. The third-order valence-corrected chi connectivity index (χ3v) is 4.89. The number of hydrogen-bond acceptors (Lipinski definition) is 4. The summed E-state index contributed by atoms with van der Waals surface area (Å²) in [4.78, 5) is 27.8. The molecular formula is C17H21N3O3S. The summed E-state index contributed by atoms with van der Waals surface area (Å²) in [5.41, 5.74) is 3.13. The molecule has 0 aliphatic heterocycles. The summed E-state index contributed by atoms with van der Waals surface area (Å²) in [5.74, 6) is -0.940. The van der Waals surface area contributed by atoms with Gasteiger partial charge in [0.1, 0.15) is 5.01 Å². The number of carbonyl (C=O) groups excluding carboxylic acids is 1. The van der Waals surface area contributed by atoms with Crippen LogP contribution in [0.5, 0.6) is 0 Å². The third-order valence-electron chi connectivity index (χ3n) is 3.50. The number of urea groups is 1. The first kappa shape index (κ1) is 17.9. The molecule has 0 saturated heterocycles. The standard InChI is InChI=1S/C17H21N3O3S/c1-10-4-6-13(7-5-10)16-19-11(2)15(24-16)12(3)20-17(23)18-9-8-14(21)22/h4-7,12H,8-9H2,1-3H3,(H,21,22)(H2,18,20,23). The minimum Gasteiger partial charge on any atom is -0.481 e. The molecule has 3 N–H and O–H groups in total. The van der Waals surface area contributed by atoms with Crippen molar-refractivity contribution in [2.24, 2.45) is 0 Å². The van der Waals surface area contributed by atoms with Gasteiger partial charge >= 0.3 is 12.0 Å². The Bertz CT molecular complexity index is 725. The van der Waals surface area contributed by atoms with Gasteiger partial charge in [0.25, 0.3) is 0 Å². The van der Waals surface area contributed by atoms with Gasteiger partial charge in [-0.25, -0.2) is 9.78 Å². The van der Waals surface area contributed by atoms with Gasteiger partial charge in [-0.1, -0.05) is 29.8 Å². The average molecular weight is 347 g/mol. The van der Waals surface area contributed by atoms with Crippen molar-refractivity contribution in [3.63, 3.8) is 0 Å². The van der Waals surface area contributed by atoms with E-state index in [-0.39, 0.29) is 25.0 Å². The van der Waals surface area contributed by atoms with Crippen molar-refractivity contribution in [3.05, 3.63) is 40.4 Å². The zero-order valence-electron chi connectivity index (χ0n) is 13.9. The first-order valence-corrected chi connectivity index (χ1v) is 8.49. The number of benzene rings is 1. The van der Waals surface area contributed by atoms with E-state index >= 15 is 0 Å². The van der Waals surface area contributed by atoms with E-state index in [2.05, 4.69) is 15.6 Å². The number of hydrogen-bond donors (Lipinski definition) is 3. The lowest BCUT2D eigenvalue weighted by Crippen LogP contribution is -2.37. The van der Waals surface area contributed by atoms with Crippen LogP contribution in [-0.4, -0.2) is 28.6 Å². The second-order valence-electron chi connectivity index (χ2n) is 5.60. The summed E-state index contributed by atoms with van der Waals surface area (Å²) in [5, 5.41) is 14.8. The van der Waals surface area contributed by atoms with E-state index in [1.165, 1.54) is 5.56 Å². The molecule has 2 rings (SSSR count). The van der Waals surface area contributed by atoms with E-state index in [1.807, 2.05) is 45.0 Å². The summed E-state index contributed by atoms with van der Waals surface area (Å²) >= 11 is 1.55. The number of aliphatic carboxylic acids is 1.